The van der Waals surface area contributed by atoms with Crippen LogP contribution in [0.15, 0.2) is 0 Å². The van der Waals surface area contributed by atoms with Gasteiger partial charge in [0.2, 0.25) is 0 Å². The van der Waals surface area contributed by atoms with Gasteiger partial charge in [-0.2, -0.15) is 0 Å². The molecule has 0 aliphatic carbocycles. The Balaban J connectivity index is 0. The fourth-order valence-electron chi connectivity index (χ4n) is 0. The Hall–Kier alpha value is 2.49. The second kappa shape index (κ2) is 31.5. The summed E-state index contributed by atoms with van der Waals surface area (Å²) in [7, 11) is 0. The van der Waals surface area contributed by atoms with Crippen LogP contribution in [0.3, 0.4) is 0 Å². The molecule has 5 heavy (non-hydrogen) atoms. The van der Waals surface area contributed by atoms with Gasteiger partial charge in [-0.3, -0.25) is 0 Å². The largest absolute Gasteiger partial charge is 0.0814 e. The van der Waals surface area contributed by atoms with E-state index < -0.39 is 0 Å². The first-order valence-electron chi connectivity index (χ1n) is 0. The summed E-state index contributed by atoms with van der Waals surface area (Å²) in [5, 5.41) is 0. The minimum absolute atomic E-state index is 0. The SMILES string of the molecule is B.[Cr].[Fe].[Ni].[Zr]. The van der Waals surface area contributed by atoms with Crippen molar-refractivity contribution >= 4 is 8.41 Å². The fraction of sp³-hybridized carbons (Fsp3) is 0. The molecule has 0 saturated heterocycles. The Morgan fingerprint density at radius 1 is 1.00 bits per heavy atom. The van der Waals surface area contributed by atoms with Crippen molar-refractivity contribution in [1.82, 2.24) is 0 Å². The van der Waals surface area contributed by atoms with Crippen molar-refractivity contribution < 1.29 is 77.1 Å². The minimum Gasteiger partial charge on any atom is 0 e. The quantitative estimate of drug-likeness (QED) is 0.486. The van der Waals surface area contributed by atoms with Gasteiger partial charge in [0, 0.05) is 77.1 Å². The molecule has 0 amide bonds. The van der Waals surface area contributed by atoms with Crippen LogP contribution in [0, 0.1) is 0 Å². The van der Waals surface area contributed by atoms with Crippen LogP contribution in [0.25, 0.3) is 0 Å². The summed E-state index contributed by atoms with van der Waals surface area (Å²) < 4.78 is 0. The molecule has 0 aromatic rings. The Kier molecular flexibility index (Phi) is 320. The molecule has 0 aliphatic rings. The summed E-state index contributed by atoms with van der Waals surface area (Å²) in [5.41, 5.74) is 0. The summed E-state index contributed by atoms with van der Waals surface area (Å²) >= 11 is 0. The zero-order valence-electron chi connectivity index (χ0n) is 1.58. The van der Waals surface area contributed by atoms with E-state index in [2.05, 4.69) is 0 Å². The first kappa shape index (κ1) is 50.8. The summed E-state index contributed by atoms with van der Waals surface area (Å²) in [6.07, 6.45) is 0. The summed E-state index contributed by atoms with van der Waals surface area (Å²) in [5.74, 6) is 0. The van der Waals surface area contributed by atoms with E-state index in [1.165, 1.54) is 0 Å². The second-order valence-corrected chi connectivity index (χ2v) is 0. The van der Waals surface area contributed by atoms with Crippen molar-refractivity contribution in [1.29, 1.82) is 0 Å². The molecule has 0 rings (SSSR count). The van der Waals surface area contributed by atoms with Gasteiger partial charge in [0.05, 0.1) is 8.41 Å². The predicted octanol–water partition coefficient (Wildman–Crippen LogP) is -1.19. The molecule has 0 aromatic heterocycles. The van der Waals surface area contributed by atoms with Gasteiger partial charge in [0.15, 0.2) is 0 Å². The van der Waals surface area contributed by atoms with Crippen molar-refractivity contribution in [3.05, 3.63) is 0 Å². The van der Waals surface area contributed by atoms with Crippen LogP contribution < -0.4 is 0 Å². The average Bonchev–Trinajstić information content (AvgIpc) is 0. The smallest absolute Gasteiger partial charge is 0 e. The first-order chi connectivity index (χ1) is 0. The summed E-state index contributed by atoms with van der Waals surface area (Å²) in [6, 6.07) is 0. The monoisotopic (exact) mass is 270 g/mol. The molecule has 0 bridgehead atoms. The Morgan fingerprint density at radius 3 is 1.00 bits per heavy atom. The third-order valence-corrected chi connectivity index (χ3v) is 0. The van der Waals surface area contributed by atoms with Crippen LogP contribution in [0.5, 0.6) is 0 Å². The molecule has 0 heterocycles. The topological polar surface area (TPSA) is 0 Å². The molecule has 0 aromatic carbocycles. The molecule has 0 nitrogen and oxygen atoms in total. The Bertz CT molecular complexity index is 11.6. The molecule has 0 atom stereocenters. The summed E-state index contributed by atoms with van der Waals surface area (Å²) in [4.78, 5) is 0. The van der Waals surface area contributed by atoms with Gasteiger partial charge in [-0.1, -0.05) is 0 Å². The molecule has 0 spiro atoms. The van der Waals surface area contributed by atoms with Gasteiger partial charge in [0.25, 0.3) is 0 Å². The van der Waals surface area contributed by atoms with Crippen molar-refractivity contribution in [2.45, 2.75) is 0 Å². The van der Waals surface area contributed by atoms with Gasteiger partial charge in [0.1, 0.15) is 0 Å². The fourth-order valence-corrected chi connectivity index (χ4v) is 0. The van der Waals surface area contributed by atoms with E-state index in [-0.39, 0.29) is 85.5 Å². The molecule has 0 N–H and O–H groups in total. The number of hydrogen-bond donors (Lipinski definition) is 0. The van der Waals surface area contributed by atoms with Gasteiger partial charge in [-0.15, -0.1) is 0 Å². The molecule has 5 heteroatoms. The molecule has 0 unspecified atom stereocenters. The van der Waals surface area contributed by atoms with E-state index in [0.717, 1.165) is 0 Å². The third kappa shape index (κ3) is 21.1. The maximum atomic E-state index is 0. The average molecular weight is 272 g/mol. The van der Waals surface area contributed by atoms with Gasteiger partial charge in [-0.25, -0.2) is 0 Å². The second-order valence-electron chi connectivity index (χ2n) is 0. The third-order valence-electron chi connectivity index (χ3n) is 0. The van der Waals surface area contributed by atoms with E-state index >= 15 is 0 Å². The standard InChI is InChI=1S/BH3.Cr.Fe.Ni.Zr/h1H3;;;;. The van der Waals surface area contributed by atoms with Crippen LogP contribution in [0.1, 0.15) is 0 Å². The Labute approximate surface area is 84.5 Å². The summed E-state index contributed by atoms with van der Waals surface area (Å²) in [6.45, 7) is 0. The zero-order chi connectivity index (χ0) is 0. The molecule has 0 radical (unpaired) electrons. The normalized spacial score (nSPS) is 0. The molecular formula is H3BCrFeNiZr. The van der Waals surface area contributed by atoms with Crippen molar-refractivity contribution in [2.75, 3.05) is 0 Å². The molecular weight excluding hydrogens is 269 g/mol. The molecule has 0 fully saturated rings. The van der Waals surface area contributed by atoms with Crippen molar-refractivity contribution in [3.63, 3.8) is 0 Å². The van der Waals surface area contributed by atoms with Crippen LogP contribution in [0.4, 0.5) is 0 Å². The van der Waals surface area contributed by atoms with Crippen molar-refractivity contribution in [3.8, 4) is 0 Å². The Morgan fingerprint density at radius 2 is 1.00 bits per heavy atom. The van der Waals surface area contributed by atoms with Crippen LogP contribution in [-0.2, 0) is 77.1 Å². The van der Waals surface area contributed by atoms with Crippen LogP contribution in [0.2, 0.25) is 0 Å². The maximum absolute atomic E-state index is 0. The molecule has 0 aliphatic heterocycles. The van der Waals surface area contributed by atoms with Gasteiger partial charge in [-0.05, 0) is 0 Å². The van der Waals surface area contributed by atoms with E-state index in [4.69, 9.17) is 0 Å². The van der Waals surface area contributed by atoms with Crippen LogP contribution >= 0.6 is 0 Å². The van der Waals surface area contributed by atoms with Gasteiger partial charge >= 0.3 is 0 Å². The first-order valence-corrected chi connectivity index (χ1v) is 0. The number of hydrogen-bond acceptors (Lipinski definition) is 0. The van der Waals surface area contributed by atoms with Crippen LogP contribution in [-0.4, -0.2) is 8.41 Å². The minimum atomic E-state index is 0. The van der Waals surface area contributed by atoms with E-state index in [1.807, 2.05) is 0 Å². The molecule has 0 saturated carbocycles. The van der Waals surface area contributed by atoms with E-state index in [1.54, 1.807) is 0 Å². The van der Waals surface area contributed by atoms with E-state index in [0.29, 0.717) is 0 Å². The zero-order valence-corrected chi connectivity index (χ0v) is 7.40. The van der Waals surface area contributed by atoms with Crippen molar-refractivity contribution in [2.24, 2.45) is 0 Å². The maximum Gasteiger partial charge on any atom is 0.0814 e. The molecule has 34 valence electrons. The predicted molar refractivity (Wildman–Crippen MR) is 9.94 cm³/mol. The number of rotatable bonds is 0. The van der Waals surface area contributed by atoms with E-state index in [9.17, 15) is 0 Å². The van der Waals surface area contributed by atoms with Gasteiger partial charge < -0.3 is 0 Å².